The Morgan fingerprint density at radius 2 is 2.05 bits per heavy atom. The number of rotatable bonds is 7. The molecule has 1 saturated carbocycles. The lowest BCUT2D eigenvalue weighted by atomic mass is 10.1. The van der Waals surface area contributed by atoms with E-state index in [9.17, 15) is 0 Å². The van der Waals surface area contributed by atoms with Gasteiger partial charge in [-0.1, -0.05) is 25.0 Å². The number of nitrogens with zero attached hydrogens (tertiary/aromatic N) is 1. The summed E-state index contributed by atoms with van der Waals surface area (Å²) in [6.45, 7) is 7.13. The standard InChI is InChI=1S/C17H24N2/c1-4-12-19(13-15-6-7-15)17-10-8-16(9-11-17)14(3)18-5-2/h1,8-11,14-15,18H,5-7,12-13H2,2-3H3. The largest absolute Gasteiger partial charge is 0.360 e. The third kappa shape index (κ3) is 4.01. The molecule has 2 heteroatoms. The highest BCUT2D eigenvalue weighted by Crippen LogP contribution is 2.31. The van der Waals surface area contributed by atoms with Gasteiger partial charge in [0.2, 0.25) is 0 Å². The zero-order valence-corrected chi connectivity index (χ0v) is 12.0. The Bertz CT molecular complexity index is 426. The Balaban J connectivity index is 2.04. The maximum Gasteiger partial charge on any atom is 0.0791 e. The summed E-state index contributed by atoms with van der Waals surface area (Å²) in [6, 6.07) is 9.22. The molecule has 0 bridgehead atoms. The second kappa shape index (κ2) is 6.63. The van der Waals surface area contributed by atoms with Crippen molar-refractivity contribution in [1.29, 1.82) is 0 Å². The molecule has 1 atom stereocenters. The maximum absolute atomic E-state index is 5.48. The molecule has 102 valence electrons. The number of hydrogen-bond donors (Lipinski definition) is 1. The zero-order chi connectivity index (χ0) is 13.7. The van der Waals surface area contributed by atoms with Gasteiger partial charge in [0.15, 0.2) is 0 Å². The van der Waals surface area contributed by atoms with E-state index in [0.717, 1.165) is 19.0 Å². The topological polar surface area (TPSA) is 15.3 Å². The second-order valence-corrected chi connectivity index (χ2v) is 5.40. The maximum atomic E-state index is 5.48. The van der Waals surface area contributed by atoms with E-state index >= 15 is 0 Å². The van der Waals surface area contributed by atoms with Crippen LogP contribution in [0.5, 0.6) is 0 Å². The highest BCUT2D eigenvalue weighted by atomic mass is 15.1. The summed E-state index contributed by atoms with van der Waals surface area (Å²) >= 11 is 0. The molecule has 0 aromatic heterocycles. The number of nitrogens with one attached hydrogen (secondary N) is 1. The second-order valence-electron chi connectivity index (χ2n) is 5.40. The molecule has 0 spiro atoms. The minimum absolute atomic E-state index is 0.406. The summed E-state index contributed by atoms with van der Waals surface area (Å²) in [4.78, 5) is 2.32. The molecule has 1 aliphatic rings. The highest BCUT2D eigenvalue weighted by Gasteiger charge is 2.24. The Labute approximate surface area is 117 Å². The first-order valence-electron chi connectivity index (χ1n) is 7.26. The molecule has 0 amide bonds. The summed E-state index contributed by atoms with van der Waals surface area (Å²) in [5, 5.41) is 3.43. The van der Waals surface area contributed by atoms with Crippen molar-refractivity contribution in [2.75, 3.05) is 24.5 Å². The van der Waals surface area contributed by atoms with Gasteiger partial charge >= 0.3 is 0 Å². The zero-order valence-electron chi connectivity index (χ0n) is 12.0. The van der Waals surface area contributed by atoms with E-state index in [1.165, 1.54) is 24.1 Å². The van der Waals surface area contributed by atoms with Crippen molar-refractivity contribution in [2.45, 2.75) is 32.7 Å². The molecule has 1 aliphatic carbocycles. The number of terminal acetylenes is 1. The first-order valence-corrected chi connectivity index (χ1v) is 7.26. The van der Waals surface area contributed by atoms with Crippen LogP contribution in [-0.4, -0.2) is 19.6 Å². The Kier molecular flexibility index (Phi) is 4.87. The molecule has 0 saturated heterocycles. The molecule has 2 rings (SSSR count). The van der Waals surface area contributed by atoms with Crippen LogP contribution >= 0.6 is 0 Å². The van der Waals surface area contributed by atoms with Gasteiger partial charge < -0.3 is 10.2 Å². The fourth-order valence-corrected chi connectivity index (χ4v) is 2.38. The summed E-state index contributed by atoms with van der Waals surface area (Å²) in [5.74, 6) is 3.63. The number of anilines is 1. The van der Waals surface area contributed by atoms with Gasteiger partial charge in [-0.25, -0.2) is 0 Å². The van der Waals surface area contributed by atoms with Crippen LogP contribution in [0.15, 0.2) is 24.3 Å². The first-order chi connectivity index (χ1) is 9.24. The van der Waals surface area contributed by atoms with E-state index in [-0.39, 0.29) is 0 Å². The Morgan fingerprint density at radius 3 is 2.58 bits per heavy atom. The average molecular weight is 256 g/mol. The fraction of sp³-hybridized carbons (Fsp3) is 0.529. The van der Waals surface area contributed by atoms with Gasteiger partial charge in [0.05, 0.1) is 6.54 Å². The van der Waals surface area contributed by atoms with Crippen molar-refractivity contribution in [3.63, 3.8) is 0 Å². The lowest BCUT2D eigenvalue weighted by Crippen LogP contribution is -2.26. The quantitative estimate of drug-likeness (QED) is 0.754. The lowest BCUT2D eigenvalue weighted by Gasteiger charge is -2.23. The van der Waals surface area contributed by atoms with E-state index in [2.05, 4.69) is 54.3 Å². The number of hydrogen-bond acceptors (Lipinski definition) is 2. The third-order valence-corrected chi connectivity index (χ3v) is 3.73. The molecular weight excluding hydrogens is 232 g/mol. The smallest absolute Gasteiger partial charge is 0.0791 e. The predicted molar refractivity (Wildman–Crippen MR) is 82.3 cm³/mol. The average Bonchev–Trinajstić information content (AvgIpc) is 3.23. The van der Waals surface area contributed by atoms with E-state index < -0.39 is 0 Å². The summed E-state index contributed by atoms with van der Waals surface area (Å²) in [7, 11) is 0. The van der Waals surface area contributed by atoms with E-state index in [0.29, 0.717) is 12.6 Å². The van der Waals surface area contributed by atoms with Crippen LogP contribution in [0.3, 0.4) is 0 Å². The van der Waals surface area contributed by atoms with Gasteiger partial charge in [-0.15, -0.1) is 6.42 Å². The van der Waals surface area contributed by atoms with Crippen LogP contribution in [0.1, 0.15) is 38.3 Å². The molecule has 19 heavy (non-hydrogen) atoms. The summed E-state index contributed by atoms with van der Waals surface area (Å²) in [6.07, 6.45) is 8.19. The Morgan fingerprint density at radius 1 is 1.37 bits per heavy atom. The SMILES string of the molecule is C#CCN(CC1CC1)c1ccc(C(C)NCC)cc1. The van der Waals surface area contributed by atoms with Crippen LogP contribution < -0.4 is 10.2 Å². The summed E-state index contributed by atoms with van der Waals surface area (Å²) in [5.41, 5.74) is 2.58. The van der Waals surface area contributed by atoms with Gasteiger partial charge in [-0.2, -0.15) is 0 Å². The van der Waals surface area contributed by atoms with Crippen LogP contribution in [0.25, 0.3) is 0 Å². The third-order valence-electron chi connectivity index (χ3n) is 3.73. The van der Waals surface area contributed by atoms with Gasteiger partial charge in [-0.05, 0) is 49.9 Å². The lowest BCUT2D eigenvalue weighted by molar-refractivity contribution is 0.598. The molecule has 1 aromatic carbocycles. The van der Waals surface area contributed by atoms with E-state index in [1.807, 2.05) is 0 Å². The minimum Gasteiger partial charge on any atom is -0.360 e. The molecule has 1 fully saturated rings. The van der Waals surface area contributed by atoms with Crippen LogP contribution in [0.2, 0.25) is 0 Å². The summed E-state index contributed by atoms with van der Waals surface area (Å²) < 4.78 is 0. The highest BCUT2D eigenvalue weighted by molar-refractivity contribution is 5.49. The van der Waals surface area contributed by atoms with Gasteiger partial charge in [0.1, 0.15) is 0 Å². The fourth-order valence-electron chi connectivity index (χ4n) is 2.38. The van der Waals surface area contributed by atoms with E-state index in [4.69, 9.17) is 6.42 Å². The molecule has 0 heterocycles. The molecule has 1 unspecified atom stereocenters. The van der Waals surface area contributed by atoms with Gasteiger partial charge in [-0.3, -0.25) is 0 Å². The normalized spacial score (nSPS) is 15.8. The molecule has 2 nitrogen and oxygen atoms in total. The number of benzene rings is 1. The van der Waals surface area contributed by atoms with Crippen molar-refractivity contribution in [3.8, 4) is 12.3 Å². The van der Waals surface area contributed by atoms with Crippen molar-refractivity contribution in [2.24, 2.45) is 5.92 Å². The molecule has 1 N–H and O–H groups in total. The predicted octanol–water partition coefficient (Wildman–Crippen LogP) is 3.21. The van der Waals surface area contributed by atoms with Crippen LogP contribution in [0, 0.1) is 18.3 Å². The molecule has 1 aromatic rings. The van der Waals surface area contributed by atoms with Crippen molar-refractivity contribution < 1.29 is 0 Å². The van der Waals surface area contributed by atoms with E-state index in [1.54, 1.807) is 0 Å². The molecular formula is C17H24N2. The minimum atomic E-state index is 0.406. The first kappa shape index (κ1) is 14.0. The van der Waals surface area contributed by atoms with Gasteiger partial charge in [0, 0.05) is 18.3 Å². The van der Waals surface area contributed by atoms with Crippen LogP contribution in [-0.2, 0) is 0 Å². The molecule has 0 radical (unpaired) electrons. The molecule has 0 aliphatic heterocycles. The van der Waals surface area contributed by atoms with Gasteiger partial charge in [0.25, 0.3) is 0 Å². The van der Waals surface area contributed by atoms with Crippen molar-refractivity contribution in [3.05, 3.63) is 29.8 Å². The van der Waals surface area contributed by atoms with Crippen molar-refractivity contribution >= 4 is 5.69 Å². The Hall–Kier alpha value is -1.46. The monoisotopic (exact) mass is 256 g/mol. The van der Waals surface area contributed by atoms with Crippen molar-refractivity contribution in [1.82, 2.24) is 5.32 Å². The van der Waals surface area contributed by atoms with Crippen LogP contribution in [0.4, 0.5) is 5.69 Å².